The van der Waals surface area contributed by atoms with Gasteiger partial charge in [0.25, 0.3) is 0 Å². The van der Waals surface area contributed by atoms with Crippen LogP contribution >= 0.6 is 27.7 Å². The average Bonchev–Trinajstić information content (AvgIpc) is 2.91. The number of hydrogen-bond donors (Lipinski definition) is 0. The molecular formula is C18H20BrN5OS. The van der Waals surface area contributed by atoms with Gasteiger partial charge in [-0.3, -0.25) is 4.79 Å². The van der Waals surface area contributed by atoms with Gasteiger partial charge in [0, 0.05) is 29.5 Å². The highest BCUT2D eigenvalue weighted by atomic mass is 79.9. The summed E-state index contributed by atoms with van der Waals surface area (Å²) in [7, 11) is 1.97. The zero-order valence-corrected chi connectivity index (χ0v) is 17.2. The fraction of sp³-hybridized carbons (Fsp3) is 0.444. The number of piperidine rings is 1. The van der Waals surface area contributed by atoms with Gasteiger partial charge in [-0.25, -0.2) is 4.98 Å². The second kappa shape index (κ2) is 7.15. The molecule has 8 heteroatoms. The third kappa shape index (κ3) is 3.20. The van der Waals surface area contributed by atoms with Crippen LogP contribution in [0, 0.1) is 0 Å². The van der Waals surface area contributed by atoms with Gasteiger partial charge in [-0.05, 0) is 44.4 Å². The number of aromatic nitrogens is 4. The second-order valence-corrected chi connectivity index (χ2v) is 8.57. The molecule has 3 heterocycles. The Morgan fingerprint density at radius 1 is 1.35 bits per heavy atom. The van der Waals surface area contributed by atoms with E-state index < -0.39 is 0 Å². The van der Waals surface area contributed by atoms with Crippen molar-refractivity contribution >= 4 is 55.7 Å². The van der Waals surface area contributed by atoms with Crippen LogP contribution in [0.3, 0.4) is 0 Å². The molecule has 0 N–H and O–H groups in total. The van der Waals surface area contributed by atoms with E-state index in [1.165, 1.54) is 18.2 Å². The Morgan fingerprint density at radius 3 is 3.00 bits per heavy atom. The van der Waals surface area contributed by atoms with Gasteiger partial charge < -0.3 is 9.47 Å². The van der Waals surface area contributed by atoms with E-state index in [1.807, 2.05) is 34.7 Å². The van der Waals surface area contributed by atoms with Crippen LogP contribution in [0.15, 0.2) is 27.8 Å². The van der Waals surface area contributed by atoms with Gasteiger partial charge >= 0.3 is 0 Å². The third-order valence-electron chi connectivity index (χ3n) is 4.99. The Bertz CT molecular complexity index is 989. The molecule has 1 aliphatic rings. The second-order valence-electron chi connectivity index (χ2n) is 6.71. The SMILES string of the molecule is C[C@@H]1CCCCN1C(=O)CSc1nnc2c3cc(Br)ccc3n(C)c2n1. The Morgan fingerprint density at radius 2 is 2.19 bits per heavy atom. The summed E-state index contributed by atoms with van der Waals surface area (Å²) in [5.41, 5.74) is 2.63. The van der Waals surface area contributed by atoms with Crippen molar-refractivity contribution in [2.75, 3.05) is 12.3 Å². The molecule has 1 aliphatic heterocycles. The number of aryl methyl sites for hydroxylation is 1. The number of amides is 1. The largest absolute Gasteiger partial charge is 0.339 e. The van der Waals surface area contributed by atoms with Crippen LogP contribution in [0.5, 0.6) is 0 Å². The zero-order valence-electron chi connectivity index (χ0n) is 14.8. The van der Waals surface area contributed by atoms with E-state index in [9.17, 15) is 4.79 Å². The molecule has 1 aromatic carbocycles. The first kappa shape index (κ1) is 17.7. The average molecular weight is 434 g/mol. The minimum atomic E-state index is 0.159. The summed E-state index contributed by atoms with van der Waals surface area (Å²) in [6.45, 7) is 2.98. The monoisotopic (exact) mass is 433 g/mol. The van der Waals surface area contributed by atoms with Crippen molar-refractivity contribution in [2.24, 2.45) is 7.05 Å². The van der Waals surface area contributed by atoms with E-state index >= 15 is 0 Å². The molecule has 4 rings (SSSR count). The molecule has 136 valence electrons. The van der Waals surface area contributed by atoms with Gasteiger partial charge in [0.1, 0.15) is 5.52 Å². The van der Waals surface area contributed by atoms with Crippen LogP contribution in [0.2, 0.25) is 0 Å². The molecule has 1 atom stereocenters. The number of benzene rings is 1. The number of fused-ring (bicyclic) bond motifs is 3. The number of carbonyl (C=O) groups excluding carboxylic acids is 1. The molecule has 1 saturated heterocycles. The number of thioether (sulfide) groups is 1. The summed E-state index contributed by atoms with van der Waals surface area (Å²) in [5, 5.41) is 10.2. The lowest BCUT2D eigenvalue weighted by atomic mass is 10.0. The van der Waals surface area contributed by atoms with Crippen molar-refractivity contribution in [1.82, 2.24) is 24.6 Å². The smallest absolute Gasteiger partial charge is 0.233 e. The zero-order chi connectivity index (χ0) is 18.3. The lowest BCUT2D eigenvalue weighted by Gasteiger charge is -2.33. The summed E-state index contributed by atoms with van der Waals surface area (Å²) < 4.78 is 3.02. The van der Waals surface area contributed by atoms with Crippen LogP contribution in [0.25, 0.3) is 22.1 Å². The molecule has 0 aliphatic carbocycles. The normalized spacial score (nSPS) is 18.0. The van der Waals surface area contributed by atoms with E-state index in [2.05, 4.69) is 38.0 Å². The van der Waals surface area contributed by atoms with Crippen molar-refractivity contribution in [2.45, 2.75) is 37.4 Å². The number of nitrogens with zero attached hydrogens (tertiary/aromatic N) is 5. The van der Waals surface area contributed by atoms with E-state index in [-0.39, 0.29) is 5.91 Å². The first-order chi connectivity index (χ1) is 12.5. The van der Waals surface area contributed by atoms with E-state index in [4.69, 9.17) is 0 Å². The summed E-state index contributed by atoms with van der Waals surface area (Å²) in [6.07, 6.45) is 3.39. The molecule has 26 heavy (non-hydrogen) atoms. The molecule has 0 saturated carbocycles. The quantitative estimate of drug-likeness (QED) is 0.588. The fourth-order valence-corrected chi connectivity index (χ4v) is 4.58. The minimum absolute atomic E-state index is 0.159. The van der Waals surface area contributed by atoms with Crippen LogP contribution < -0.4 is 0 Å². The topological polar surface area (TPSA) is 63.9 Å². The number of carbonyl (C=O) groups is 1. The summed E-state index contributed by atoms with van der Waals surface area (Å²) in [5.74, 6) is 0.513. The molecule has 0 bridgehead atoms. The van der Waals surface area contributed by atoms with Gasteiger partial charge in [0.15, 0.2) is 5.65 Å². The van der Waals surface area contributed by atoms with Crippen molar-refractivity contribution in [3.63, 3.8) is 0 Å². The van der Waals surface area contributed by atoms with E-state index in [1.54, 1.807) is 0 Å². The van der Waals surface area contributed by atoms with Crippen molar-refractivity contribution in [1.29, 1.82) is 0 Å². The van der Waals surface area contributed by atoms with Crippen molar-refractivity contribution in [3.05, 3.63) is 22.7 Å². The molecule has 1 fully saturated rings. The van der Waals surface area contributed by atoms with Crippen LogP contribution in [0.4, 0.5) is 0 Å². The summed E-state index contributed by atoms with van der Waals surface area (Å²) >= 11 is 4.86. The van der Waals surface area contributed by atoms with Crippen LogP contribution in [-0.4, -0.2) is 48.9 Å². The van der Waals surface area contributed by atoms with Crippen LogP contribution in [0.1, 0.15) is 26.2 Å². The fourth-order valence-electron chi connectivity index (χ4n) is 3.56. The Labute approximate surface area is 164 Å². The minimum Gasteiger partial charge on any atom is -0.339 e. The highest BCUT2D eigenvalue weighted by Crippen LogP contribution is 2.29. The predicted molar refractivity (Wildman–Crippen MR) is 107 cm³/mol. The molecular weight excluding hydrogens is 414 g/mol. The highest BCUT2D eigenvalue weighted by Gasteiger charge is 2.23. The summed E-state index contributed by atoms with van der Waals surface area (Å²) in [4.78, 5) is 19.1. The maximum atomic E-state index is 12.5. The molecule has 0 radical (unpaired) electrons. The predicted octanol–water partition coefficient (Wildman–Crippen LogP) is 3.77. The molecule has 6 nitrogen and oxygen atoms in total. The number of hydrogen-bond acceptors (Lipinski definition) is 5. The first-order valence-electron chi connectivity index (χ1n) is 8.75. The van der Waals surface area contributed by atoms with Gasteiger partial charge in [0.05, 0.1) is 11.3 Å². The van der Waals surface area contributed by atoms with E-state index in [0.717, 1.165) is 45.9 Å². The number of likely N-dealkylation sites (tertiary alicyclic amines) is 1. The maximum Gasteiger partial charge on any atom is 0.233 e. The van der Waals surface area contributed by atoms with Gasteiger partial charge in [0.2, 0.25) is 11.1 Å². The summed E-state index contributed by atoms with van der Waals surface area (Å²) in [6, 6.07) is 6.40. The lowest BCUT2D eigenvalue weighted by molar-refractivity contribution is -0.131. The Balaban J connectivity index is 1.57. The molecule has 3 aromatic rings. The van der Waals surface area contributed by atoms with Gasteiger partial charge in [-0.1, -0.05) is 27.7 Å². The van der Waals surface area contributed by atoms with Gasteiger partial charge in [-0.15, -0.1) is 10.2 Å². The lowest BCUT2D eigenvalue weighted by Crippen LogP contribution is -2.42. The molecule has 2 aromatic heterocycles. The van der Waals surface area contributed by atoms with Gasteiger partial charge in [-0.2, -0.15) is 0 Å². The van der Waals surface area contributed by atoms with Crippen molar-refractivity contribution < 1.29 is 4.79 Å². The highest BCUT2D eigenvalue weighted by molar-refractivity contribution is 9.10. The van der Waals surface area contributed by atoms with E-state index in [0.29, 0.717) is 17.0 Å². The number of rotatable bonds is 3. The van der Waals surface area contributed by atoms with Crippen LogP contribution in [-0.2, 0) is 11.8 Å². The molecule has 0 spiro atoms. The first-order valence-corrected chi connectivity index (χ1v) is 10.5. The maximum absolute atomic E-state index is 12.5. The standard InChI is InChI=1S/C18H20BrN5OS/c1-11-5-3-4-8-24(11)15(25)10-26-18-20-17-16(21-22-18)13-9-12(19)6-7-14(13)23(17)2/h6-7,9,11H,3-5,8,10H2,1-2H3/t11-/m1/s1. The Hall–Kier alpha value is -1.67. The number of halogens is 1. The molecule has 0 unspecified atom stereocenters. The molecule has 1 amide bonds. The van der Waals surface area contributed by atoms with Crippen molar-refractivity contribution in [3.8, 4) is 0 Å². The Kier molecular flexibility index (Phi) is 4.88. The third-order valence-corrected chi connectivity index (χ3v) is 6.31.